The summed E-state index contributed by atoms with van der Waals surface area (Å²) in [6.45, 7) is 13.1. The monoisotopic (exact) mass is 561 g/mol. The second-order valence-corrected chi connectivity index (χ2v) is 8.42. The molecule has 1 aliphatic heterocycles. The molecule has 0 bridgehead atoms. The first-order valence-corrected chi connectivity index (χ1v) is 11.3. The highest BCUT2D eigenvalue weighted by Crippen LogP contribution is 2.09. The summed E-state index contributed by atoms with van der Waals surface area (Å²) >= 11 is 0. The van der Waals surface area contributed by atoms with E-state index < -0.39 is 5.60 Å². The first-order valence-electron chi connectivity index (χ1n) is 11.3. The molecule has 1 amide bonds. The summed E-state index contributed by atoms with van der Waals surface area (Å²) in [4.78, 5) is 19.2. The van der Waals surface area contributed by atoms with Gasteiger partial charge < -0.3 is 25.8 Å². The second-order valence-electron chi connectivity index (χ2n) is 8.42. The third-order valence-corrected chi connectivity index (χ3v) is 5.25. The number of nitrogens with one attached hydrogen (secondary N) is 3. The second kappa shape index (κ2) is 14.7. The first-order chi connectivity index (χ1) is 14.8. The van der Waals surface area contributed by atoms with Gasteiger partial charge in [0.15, 0.2) is 5.96 Å². The molecule has 2 atom stereocenters. The highest BCUT2D eigenvalue weighted by atomic mass is 127. The maximum atomic E-state index is 12.4. The fraction of sp³-hybridized carbons (Fsp3) is 0.652. The zero-order chi connectivity index (χ0) is 22.7. The lowest BCUT2D eigenvalue weighted by Crippen LogP contribution is -2.52. The minimum Gasteiger partial charge on any atom is -0.387 e. The molecule has 0 saturated carbocycles. The van der Waals surface area contributed by atoms with Crippen molar-refractivity contribution in [1.29, 1.82) is 0 Å². The van der Waals surface area contributed by atoms with E-state index in [-0.39, 0.29) is 35.9 Å². The van der Waals surface area contributed by atoms with Crippen LogP contribution in [0.1, 0.15) is 50.0 Å². The standard InChI is InChI=1S/C23H39N5O3.HI/c1-5-18(3)27-21(29)20-9-7-8-19(14-20)15-25-22(24-6-2)26-16-23(4,30)17-28-10-12-31-13-11-28;/h7-9,14,18,30H,5-6,10-13,15-17H2,1-4H3,(H,27,29)(H2,24,25,26);1H. The largest absolute Gasteiger partial charge is 0.387 e. The number of halogens is 1. The zero-order valence-corrected chi connectivity index (χ0v) is 22.1. The van der Waals surface area contributed by atoms with Gasteiger partial charge in [-0.3, -0.25) is 9.69 Å². The Bertz CT molecular complexity index is 723. The Morgan fingerprint density at radius 1 is 1.28 bits per heavy atom. The summed E-state index contributed by atoms with van der Waals surface area (Å²) in [6, 6.07) is 7.67. The van der Waals surface area contributed by atoms with Crippen LogP contribution >= 0.6 is 24.0 Å². The number of aliphatic hydroxyl groups is 1. The molecule has 32 heavy (non-hydrogen) atoms. The molecule has 2 rings (SSSR count). The van der Waals surface area contributed by atoms with Gasteiger partial charge in [0.2, 0.25) is 0 Å². The summed E-state index contributed by atoms with van der Waals surface area (Å²) < 4.78 is 5.37. The highest BCUT2D eigenvalue weighted by Gasteiger charge is 2.25. The molecular weight excluding hydrogens is 521 g/mol. The van der Waals surface area contributed by atoms with Gasteiger partial charge in [-0.05, 0) is 44.9 Å². The summed E-state index contributed by atoms with van der Waals surface area (Å²) in [5.74, 6) is 0.573. The fourth-order valence-electron chi connectivity index (χ4n) is 3.30. The van der Waals surface area contributed by atoms with E-state index in [2.05, 4.69) is 25.8 Å². The van der Waals surface area contributed by atoms with Crippen molar-refractivity contribution >= 4 is 35.8 Å². The van der Waals surface area contributed by atoms with Crippen LogP contribution in [0.25, 0.3) is 0 Å². The minimum atomic E-state index is -0.887. The quantitative estimate of drug-likeness (QED) is 0.198. The van der Waals surface area contributed by atoms with E-state index in [1.54, 1.807) is 0 Å². The predicted molar refractivity (Wildman–Crippen MR) is 140 cm³/mol. The van der Waals surface area contributed by atoms with Crippen molar-refractivity contribution in [3.63, 3.8) is 0 Å². The molecule has 1 saturated heterocycles. The van der Waals surface area contributed by atoms with Crippen LogP contribution in [0, 0.1) is 0 Å². The van der Waals surface area contributed by atoms with E-state index in [0.29, 0.717) is 44.4 Å². The van der Waals surface area contributed by atoms with Crippen LogP contribution in [-0.2, 0) is 11.3 Å². The molecule has 0 aromatic heterocycles. The van der Waals surface area contributed by atoms with Gasteiger partial charge in [0.25, 0.3) is 5.91 Å². The summed E-state index contributed by atoms with van der Waals surface area (Å²) in [5, 5.41) is 20.2. The molecule has 1 heterocycles. The maximum absolute atomic E-state index is 12.4. The van der Waals surface area contributed by atoms with Gasteiger partial charge in [0, 0.05) is 44.3 Å². The minimum absolute atomic E-state index is 0. The molecule has 1 aliphatic rings. The number of guanidine groups is 1. The molecular formula is C23H40IN5O3. The number of hydrogen-bond acceptors (Lipinski definition) is 5. The van der Waals surface area contributed by atoms with Crippen molar-refractivity contribution in [1.82, 2.24) is 20.9 Å². The average Bonchev–Trinajstić information content (AvgIpc) is 2.76. The first kappa shape index (κ1) is 28.6. The summed E-state index contributed by atoms with van der Waals surface area (Å²) in [7, 11) is 0. The molecule has 0 aliphatic carbocycles. The molecule has 2 unspecified atom stereocenters. The van der Waals surface area contributed by atoms with Crippen molar-refractivity contribution in [2.45, 2.75) is 52.3 Å². The van der Waals surface area contributed by atoms with Crippen molar-refractivity contribution in [3.8, 4) is 0 Å². The SMILES string of the molecule is CCNC(=NCc1cccc(C(=O)NC(C)CC)c1)NCC(C)(O)CN1CCOCC1.I. The third-order valence-electron chi connectivity index (χ3n) is 5.25. The van der Waals surface area contributed by atoms with Crippen LogP contribution in [-0.4, -0.2) is 79.5 Å². The number of nitrogens with zero attached hydrogens (tertiary/aromatic N) is 2. The Kier molecular flexibility index (Phi) is 13.1. The van der Waals surface area contributed by atoms with Crippen molar-refractivity contribution in [2.75, 3.05) is 45.9 Å². The van der Waals surface area contributed by atoms with E-state index in [9.17, 15) is 9.90 Å². The molecule has 0 radical (unpaired) electrons. The lowest BCUT2D eigenvalue weighted by atomic mass is 10.1. The number of carbonyl (C=O) groups is 1. The number of hydrogen-bond donors (Lipinski definition) is 4. The smallest absolute Gasteiger partial charge is 0.251 e. The number of ether oxygens (including phenoxy) is 1. The van der Waals surface area contributed by atoms with Gasteiger partial charge in [-0.1, -0.05) is 19.1 Å². The lowest BCUT2D eigenvalue weighted by molar-refractivity contribution is -0.0201. The topological polar surface area (TPSA) is 98.2 Å². The van der Waals surface area contributed by atoms with Crippen LogP contribution in [0.5, 0.6) is 0 Å². The van der Waals surface area contributed by atoms with Gasteiger partial charge in [-0.2, -0.15) is 0 Å². The highest BCUT2D eigenvalue weighted by molar-refractivity contribution is 14.0. The van der Waals surface area contributed by atoms with Crippen LogP contribution in [0.15, 0.2) is 29.3 Å². The van der Waals surface area contributed by atoms with Crippen LogP contribution in [0.3, 0.4) is 0 Å². The Morgan fingerprint density at radius 2 is 2.00 bits per heavy atom. The van der Waals surface area contributed by atoms with Gasteiger partial charge in [0.1, 0.15) is 0 Å². The number of rotatable bonds is 10. The van der Waals surface area contributed by atoms with Gasteiger partial charge in [-0.25, -0.2) is 4.99 Å². The number of amides is 1. The molecule has 0 spiro atoms. The van der Waals surface area contributed by atoms with Gasteiger partial charge in [0.05, 0.1) is 25.4 Å². The van der Waals surface area contributed by atoms with E-state index >= 15 is 0 Å². The van der Waals surface area contributed by atoms with Gasteiger partial charge in [-0.15, -0.1) is 24.0 Å². The normalized spacial score (nSPS) is 17.6. The van der Waals surface area contributed by atoms with E-state index in [1.165, 1.54) is 0 Å². The van der Waals surface area contributed by atoms with Crippen molar-refractivity contribution < 1.29 is 14.6 Å². The summed E-state index contributed by atoms with van der Waals surface area (Å²) in [5.41, 5.74) is 0.704. The van der Waals surface area contributed by atoms with E-state index in [4.69, 9.17) is 4.74 Å². The Hall–Kier alpha value is -1.43. The van der Waals surface area contributed by atoms with E-state index in [1.807, 2.05) is 52.0 Å². The maximum Gasteiger partial charge on any atom is 0.251 e. The molecule has 9 heteroatoms. The molecule has 1 fully saturated rings. The van der Waals surface area contributed by atoms with Crippen LogP contribution < -0.4 is 16.0 Å². The Labute approximate surface area is 209 Å². The molecule has 1 aromatic carbocycles. The molecule has 182 valence electrons. The van der Waals surface area contributed by atoms with Crippen molar-refractivity contribution in [3.05, 3.63) is 35.4 Å². The number of aliphatic imine (C=N–C) groups is 1. The summed E-state index contributed by atoms with van der Waals surface area (Å²) in [6.07, 6.45) is 0.892. The number of benzene rings is 1. The lowest BCUT2D eigenvalue weighted by Gasteiger charge is -2.34. The number of morpholine rings is 1. The average molecular weight is 562 g/mol. The predicted octanol–water partition coefficient (Wildman–Crippen LogP) is 1.97. The molecule has 1 aromatic rings. The third kappa shape index (κ3) is 10.5. The zero-order valence-electron chi connectivity index (χ0n) is 19.8. The number of carbonyl (C=O) groups excluding carboxylic acids is 1. The Morgan fingerprint density at radius 3 is 2.66 bits per heavy atom. The van der Waals surface area contributed by atoms with Gasteiger partial charge >= 0.3 is 0 Å². The van der Waals surface area contributed by atoms with Crippen LogP contribution in [0.4, 0.5) is 0 Å². The molecule has 8 nitrogen and oxygen atoms in total. The number of β-amino-alcohol motifs (C(OH)–C–C–N with tert-alkyl or cyclic N) is 1. The molecule has 4 N–H and O–H groups in total. The van der Waals surface area contributed by atoms with E-state index in [0.717, 1.165) is 31.6 Å². The van der Waals surface area contributed by atoms with Crippen molar-refractivity contribution in [2.24, 2.45) is 4.99 Å². The fourth-order valence-corrected chi connectivity index (χ4v) is 3.30. The van der Waals surface area contributed by atoms with Crippen LogP contribution in [0.2, 0.25) is 0 Å². The Balaban J connectivity index is 0.00000512.